The zero-order valence-corrected chi connectivity index (χ0v) is 5.01. The predicted molar refractivity (Wildman–Crippen MR) is 29.4 cm³/mol. The average Bonchev–Trinajstić information content (AvgIpc) is 1.89. The van der Waals surface area contributed by atoms with Crippen molar-refractivity contribution in [1.29, 1.82) is 5.26 Å². The number of alkyl halides is 1. The molecule has 0 unspecified atom stereocenters. The normalized spacial score (nSPS) is 35.6. The molecule has 0 radical (unpaired) electrons. The molecule has 50 valence electrons. The Balaban J connectivity index is 2.41. The maximum atomic E-state index is 12.5. The summed E-state index contributed by atoms with van der Waals surface area (Å²) < 4.78 is 17.3. The molecule has 0 amide bonds. The molecular formula is C6H8FNO. The second-order valence-corrected chi connectivity index (χ2v) is 2.12. The Bertz CT molecular complexity index is 132. The first-order valence-corrected chi connectivity index (χ1v) is 2.96. The Morgan fingerprint density at radius 1 is 1.67 bits per heavy atom. The van der Waals surface area contributed by atoms with E-state index in [-0.39, 0.29) is 6.61 Å². The van der Waals surface area contributed by atoms with Gasteiger partial charge in [-0.3, -0.25) is 0 Å². The topological polar surface area (TPSA) is 33.0 Å². The summed E-state index contributed by atoms with van der Waals surface area (Å²) in [6, 6.07) is 1.90. The van der Waals surface area contributed by atoms with Crippen LogP contribution < -0.4 is 0 Å². The van der Waals surface area contributed by atoms with Crippen LogP contribution in [-0.2, 0) is 4.74 Å². The summed E-state index contributed by atoms with van der Waals surface area (Å²) in [5.41, 5.74) is 0. The maximum absolute atomic E-state index is 12.5. The monoisotopic (exact) mass is 129 g/mol. The molecule has 0 aromatic carbocycles. The first-order chi connectivity index (χ1) is 4.34. The van der Waals surface area contributed by atoms with Crippen LogP contribution in [0.15, 0.2) is 0 Å². The third kappa shape index (κ3) is 1.39. The molecule has 0 spiro atoms. The van der Waals surface area contributed by atoms with Crippen molar-refractivity contribution in [3.63, 3.8) is 0 Å². The lowest BCUT2D eigenvalue weighted by molar-refractivity contribution is 0.0151. The molecule has 3 heteroatoms. The molecule has 2 atom stereocenters. The maximum Gasteiger partial charge on any atom is 0.139 e. The van der Waals surface area contributed by atoms with Crippen molar-refractivity contribution in [2.24, 2.45) is 5.92 Å². The Hall–Kier alpha value is -0.620. The van der Waals surface area contributed by atoms with Crippen LogP contribution in [-0.4, -0.2) is 19.4 Å². The van der Waals surface area contributed by atoms with Crippen molar-refractivity contribution in [2.75, 3.05) is 13.2 Å². The number of rotatable bonds is 0. The van der Waals surface area contributed by atoms with E-state index in [2.05, 4.69) is 0 Å². The largest absolute Gasteiger partial charge is 0.378 e. The van der Waals surface area contributed by atoms with Gasteiger partial charge in [-0.25, -0.2) is 4.39 Å². The quantitative estimate of drug-likeness (QED) is 0.486. The smallest absolute Gasteiger partial charge is 0.139 e. The lowest BCUT2D eigenvalue weighted by atomic mass is 10.0. The lowest BCUT2D eigenvalue weighted by Gasteiger charge is -2.19. The minimum Gasteiger partial charge on any atom is -0.378 e. The fourth-order valence-electron chi connectivity index (χ4n) is 0.849. The van der Waals surface area contributed by atoms with Gasteiger partial charge in [-0.05, 0) is 6.42 Å². The summed E-state index contributed by atoms with van der Waals surface area (Å²) in [5, 5.41) is 8.32. The minimum absolute atomic E-state index is 0.0955. The van der Waals surface area contributed by atoms with Crippen LogP contribution in [0.3, 0.4) is 0 Å². The van der Waals surface area contributed by atoms with Crippen LogP contribution in [0.5, 0.6) is 0 Å². The van der Waals surface area contributed by atoms with E-state index < -0.39 is 12.1 Å². The number of nitrogens with zero attached hydrogens (tertiary/aromatic N) is 1. The molecule has 0 bridgehead atoms. The van der Waals surface area contributed by atoms with Crippen LogP contribution in [0.1, 0.15) is 6.42 Å². The van der Waals surface area contributed by atoms with E-state index in [1.807, 2.05) is 6.07 Å². The van der Waals surface area contributed by atoms with Crippen LogP contribution in [0, 0.1) is 17.2 Å². The van der Waals surface area contributed by atoms with Gasteiger partial charge < -0.3 is 4.74 Å². The molecule has 1 saturated heterocycles. The summed E-state index contributed by atoms with van der Waals surface area (Å²) in [6.07, 6.45) is -0.527. The number of halogens is 1. The zero-order chi connectivity index (χ0) is 6.69. The molecule has 9 heavy (non-hydrogen) atoms. The van der Waals surface area contributed by atoms with Gasteiger partial charge in [-0.15, -0.1) is 0 Å². The first-order valence-electron chi connectivity index (χ1n) is 2.96. The van der Waals surface area contributed by atoms with Gasteiger partial charge in [0.15, 0.2) is 0 Å². The minimum atomic E-state index is -1.07. The molecule has 2 nitrogen and oxygen atoms in total. The lowest BCUT2D eigenvalue weighted by Crippen LogP contribution is -2.27. The number of hydrogen-bond acceptors (Lipinski definition) is 2. The highest BCUT2D eigenvalue weighted by atomic mass is 19.1. The van der Waals surface area contributed by atoms with Gasteiger partial charge >= 0.3 is 0 Å². The highest BCUT2D eigenvalue weighted by Crippen LogP contribution is 2.16. The molecule has 0 aromatic heterocycles. The molecule has 0 aromatic rings. The van der Waals surface area contributed by atoms with Gasteiger partial charge in [-0.1, -0.05) is 0 Å². The van der Waals surface area contributed by atoms with E-state index >= 15 is 0 Å². The van der Waals surface area contributed by atoms with Gasteiger partial charge in [-0.2, -0.15) is 5.26 Å². The van der Waals surface area contributed by atoms with E-state index in [9.17, 15) is 4.39 Å². The Morgan fingerprint density at radius 3 is 2.89 bits per heavy atom. The number of hydrogen-bond donors (Lipinski definition) is 0. The molecule has 0 saturated carbocycles. The molecule has 0 N–H and O–H groups in total. The molecule has 0 aliphatic carbocycles. The summed E-state index contributed by atoms with van der Waals surface area (Å²) in [7, 11) is 0. The second-order valence-electron chi connectivity index (χ2n) is 2.12. The number of ether oxygens (including phenoxy) is 1. The predicted octanol–water partition coefficient (Wildman–Crippen LogP) is 0.885. The van der Waals surface area contributed by atoms with Crippen molar-refractivity contribution in [3.05, 3.63) is 0 Å². The highest BCUT2D eigenvalue weighted by molar-refractivity contribution is 4.90. The fraction of sp³-hybridized carbons (Fsp3) is 0.833. The Kier molecular flexibility index (Phi) is 2.01. The van der Waals surface area contributed by atoms with Gasteiger partial charge in [0.2, 0.25) is 0 Å². The van der Waals surface area contributed by atoms with Gasteiger partial charge in [0.25, 0.3) is 0 Å². The van der Waals surface area contributed by atoms with E-state index in [4.69, 9.17) is 10.00 Å². The van der Waals surface area contributed by atoms with E-state index in [1.54, 1.807) is 0 Å². The van der Waals surface area contributed by atoms with Crippen LogP contribution >= 0.6 is 0 Å². The molecule has 1 heterocycles. The third-order valence-corrected chi connectivity index (χ3v) is 1.45. The standard InChI is InChI=1S/C6H8FNO/c7-6-4-9-2-1-5(6)3-8/h5-6H,1-2,4H2/t5-,6+/m0/s1. The Morgan fingerprint density at radius 2 is 2.44 bits per heavy atom. The third-order valence-electron chi connectivity index (χ3n) is 1.45. The van der Waals surface area contributed by atoms with Crippen molar-refractivity contribution in [3.8, 4) is 6.07 Å². The van der Waals surface area contributed by atoms with Crippen LogP contribution in [0.4, 0.5) is 4.39 Å². The SMILES string of the molecule is N#C[C@@H]1CCOC[C@H]1F. The zero-order valence-electron chi connectivity index (χ0n) is 5.01. The number of nitriles is 1. The van der Waals surface area contributed by atoms with Crippen molar-refractivity contribution < 1.29 is 9.13 Å². The highest BCUT2D eigenvalue weighted by Gasteiger charge is 2.24. The summed E-state index contributed by atoms with van der Waals surface area (Å²) in [4.78, 5) is 0. The van der Waals surface area contributed by atoms with Gasteiger partial charge in [0.1, 0.15) is 6.17 Å². The second kappa shape index (κ2) is 2.79. The summed E-state index contributed by atoms with van der Waals surface area (Å²) >= 11 is 0. The molecule has 1 aliphatic heterocycles. The molecular weight excluding hydrogens is 121 g/mol. The molecule has 1 fully saturated rings. The van der Waals surface area contributed by atoms with Crippen molar-refractivity contribution >= 4 is 0 Å². The first kappa shape index (κ1) is 6.50. The fourth-order valence-corrected chi connectivity index (χ4v) is 0.849. The van der Waals surface area contributed by atoms with Crippen LogP contribution in [0.2, 0.25) is 0 Å². The summed E-state index contributed by atoms with van der Waals surface area (Å²) in [5.74, 6) is -0.432. The van der Waals surface area contributed by atoms with E-state index in [1.165, 1.54) is 0 Å². The van der Waals surface area contributed by atoms with E-state index in [0.717, 1.165) is 0 Å². The van der Waals surface area contributed by atoms with Gasteiger partial charge in [0.05, 0.1) is 18.6 Å². The Labute approximate surface area is 53.2 Å². The molecule has 1 rings (SSSR count). The summed E-state index contributed by atoms with van der Waals surface area (Å²) in [6.45, 7) is 0.622. The molecule has 1 aliphatic rings. The van der Waals surface area contributed by atoms with Crippen molar-refractivity contribution in [1.82, 2.24) is 0 Å². The van der Waals surface area contributed by atoms with Gasteiger partial charge in [0, 0.05) is 6.61 Å². The van der Waals surface area contributed by atoms with Crippen molar-refractivity contribution in [2.45, 2.75) is 12.6 Å². The average molecular weight is 129 g/mol. The van der Waals surface area contributed by atoms with E-state index in [0.29, 0.717) is 13.0 Å². The van der Waals surface area contributed by atoms with Crippen LogP contribution in [0.25, 0.3) is 0 Å².